The normalized spacial score (nSPS) is 15.3. The van der Waals surface area contributed by atoms with Crippen molar-refractivity contribution in [3.8, 4) is 0 Å². The van der Waals surface area contributed by atoms with Gasteiger partial charge in [0.2, 0.25) is 0 Å². The van der Waals surface area contributed by atoms with Crippen LogP contribution in [-0.2, 0) is 8.85 Å². The summed E-state index contributed by atoms with van der Waals surface area (Å²) < 4.78 is 12.3. The molecule has 0 aliphatic heterocycles. The lowest BCUT2D eigenvalue weighted by Gasteiger charge is -2.39. The van der Waals surface area contributed by atoms with E-state index in [1.807, 2.05) is 6.92 Å². The van der Waals surface area contributed by atoms with Gasteiger partial charge in [-0.25, -0.2) is 0 Å². The Morgan fingerprint density at radius 3 is 2.32 bits per heavy atom. The van der Waals surface area contributed by atoms with E-state index in [1.165, 1.54) is 0 Å². The monoisotopic (exact) mass is 289 g/mol. The minimum Gasteiger partial charge on any atom is -0.395 e. The molecule has 0 bridgehead atoms. The molecule has 1 unspecified atom stereocenters. The van der Waals surface area contributed by atoms with E-state index < -0.39 is 8.56 Å². The highest BCUT2D eigenvalue weighted by Gasteiger charge is 2.38. The fourth-order valence-corrected chi connectivity index (χ4v) is 4.81. The van der Waals surface area contributed by atoms with Crippen LogP contribution in [0, 0.1) is 5.92 Å². The van der Waals surface area contributed by atoms with Gasteiger partial charge in [0.05, 0.1) is 5.60 Å². The molecule has 0 aromatic heterocycles. The van der Waals surface area contributed by atoms with E-state index in [-0.39, 0.29) is 11.6 Å². The lowest BCUT2D eigenvalue weighted by atomic mass is 9.95. The van der Waals surface area contributed by atoms with Gasteiger partial charge in [0.1, 0.15) is 0 Å². The SMILES string of the molecule is CCO[Si](C)(CCCN=C(N)N)OC(C)(C)C(C)C. The van der Waals surface area contributed by atoms with Crippen molar-refractivity contribution in [2.75, 3.05) is 13.2 Å². The van der Waals surface area contributed by atoms with Gasteiger partial charge in [-0.1, -0.05) is 13.8 Å². The van der Waals surface area contributed by atoms with E-state index in [1.54, 1.807) is 0 Å². The molecule has 0 aliphatic rings. The molecule has 0 fully saturated rings. The molecule has 114 valence electrons. The molecule has 0 heterocycles. The van der Waals surface area contributed by atoms with E-state index in [0.29, 0.717) is 19.1 Å². The summed E-state index contributed by atoms with van der Waals surface area (Å²) in [7, 11) is -2.17. The van der Waals surface area contributed by atoms with Crippen molar-refractivity contribution in [3.63, 3.8) is 0 Å². The molecule has 0 radical (unpaired) electrons. The van der Waals surface area contributed by atoms with Crippen molar-refractivity contribution < 1.29 is 8.85 Å². The zero-order chi connectivity index (χ0) is 15.1. The fraction of sp³-hybridized carbons (Fsp3) is 0.923. The molecule has 5 nitrogen and oxygen atoms in total. The number of rotatable bonds is 9. The molecular formula is C13H31N3O2Si. The Hall–Kier alpha value is -0.593. The van der Waals surface area contributed by atoms with Gasteiger partial charge in [-0.15, -0.1) is 0 Å². The van der Waals surface area contributed by atoms with E-state index in [4.69, 9.17) is 20.3 Å². The molecule has 1 atom stereocenters. The van der Waals surface area contributed by atoms with Gasteiger partial charge in [0.15, 0.2) is 5.96 Å². The van der Waals surface area contributed by atoms with E-state index in [2.05, 4.69) is 39.2 Å². The Kier molecular flexibility index (Phi) is 7.62. The Morgan fingerprint density at radius 1 is 1.32 bits per heavy atom. The summed E-state index contributed by atoms with van der Waals surface area (Å²) in [5, 5.41) is 0. The van der Waals surface area contributed by atoms with Crippen molar-refractivity contribution in [3.05, 3.63) is 0 Å². The van der Waals surface area contributed by atoms with Crippen LogP contribution in [0.5, 0.6) is 0 Å². The van der Waals surface area contributed by atoms with Crippen molar-refractivity contribution >= 4 is 14.5 Å². The molecule has 4 N–H and O–H groups in total. The average Bonchev–Trinajstić information content (AvgIpc) is 2.23. The zero-order valence-corrected chi connectivity index (χ0v) is 14.3. The van der Waals surface area contributed by atoms with Gasteiger partial charge in [-0.05, 0) is 45.7 Å². The third-order valence-corrected chi connectivity index (χ3v) is 6.52. The van der Waals surface area contributed by atoms with E-state index in [9.17, 15) is 0 Å². The summed E-state index contributed by atoms with van der Waals surface area (Å²) in [6.45, 7) is 14.0. The maximum Gasteiger partial charge on any atom is 0.335 e. The molecule has 0 rings (SSSR count). The van der Waals surface area contributed by atoms with Crippen LogP contribution in [0.2, 0.25) is 12.6 Å². The Balaban J connectivity index is 4.53. The van der Waals surface area contributed by atoms with Crippen LogP contribution in [0.1, 0.15) is 41.0 Å². The number of hydrogen-bond acceptors (Lipinski definition) is 3. The highest BCUT2D eigenvalue weighted by atomic mass is 28.4. The molecule has 0 spiro atoms. The largest absolute Gasteiger partial charge is 0.395 e. The second kappa shape index (κ2) is 7.87. The minimum atomic E-state index is -2.17. The Bertz CT molecular complexity index is 292. The van der Waals surface area contributed by atoms with Crippen LogP contribution in [-0.4, -0.2) is 33.3 Å². The van der Waals surface area contributed by atoms with Crippen molar-refractivity contribution in [1.82, 2.24) is 0 Å². The zero-order valence-electron chi connectivity index (χ0n) is 13.3. The summed E-state index contributed by atoms with van der Waals surface area (Å²) >= 11 is 0. The van der Waals surface area contributed by atoms with Crippen LogP contribution in [0.4, 0.5) is 0 Å². The fourth-order valence-electron chi connectivity index (χ4n) is 1.74. The average molecular weight is 289 g/mol. The predicted octanol–water partition coefficient (Wildman–Crippen LogP) is 2.21. The molecule has 0 aromatic rings. The standard InChI is InChI=1S/C13H31N3O2Si/c1-7-17-19(6,10-8-9-16-12(14)15)18-13(4,5)11(2)3/h11H,7-10H2,1-6H3,(H4,14,15,16). The summed E-state index contributed by atoms with van der Waals surface area (Å²) in [5.74, 6) is 0.584. The molecule has 0 saturated heterocycles. The van der Waals surface area contributed by atoms with Crippen LogP contribution in [0.3, 0.4) is 0 Å². The second-order valence-electron chi connectivity index (χ2n) is 5.84. The number of hydrogen-bond donors (Lipinski definition) is 2. The van der Waals surface area contributed by atoms with E-state index in [0.717, 1.165) is 12.5 Å². The topological polar surface area (TPSA) is 82.9 Å². The van der Waals surface area contributed by atoms with E-state index >= 15 is 0 Å². The lowest BCUT2D eigenvalue weighted by molar-refractivity contribution is 0.0157. The summed E-state index contributed by atoms with van der Waals surface area (Å²) in [4.78, 5) is 4.00. The molecular weight excluding hydrogens is 258 g/mol. The predicted molar refractivity (Wildman–Crippen MR) is 83.3 cm³/mol. The smallest absolute Gasteiger partial charge is 0.335 e. The second-order valence-corrected chi connectivity index (χ2v) is 9.10. The van der Waals surface area contributed by atoms with Crippen LogP contribution in [0.25, 0.3) is 0 Å². The van der Waals surface area contributed by atoms with Gasteiger partial charge in [-0.2, -0.15) is 0 Å². The summed E-state index contributed by atoms with van der Waals surface area (Å²) in [6, 6.07) is 0.897. The first-order valence-electron chi connectivity index (χ1n) is 7.02. The number of guanidine groups is 1. The molecule has 19 heavy (non-hydrogen) atoms. The van der Waals surface area contributed by atoms with Crippen LogP contribution >= 0.6 is 0 Å². The van der Waals surface area contributed by atoms with Crippen LogP contribution in [0.15, 0.2) is 4.99 Å². The molecule has 0 aliphatic carbocycles. The molecule has 0 amide bonds. The maximum atomic E-state index is 6.34. The number of nitrogens with zero attached hydrogens (tertiary/aromatic N) is 1. The van der Waals surface area contributed by atoms with Crippen molar-refractivity contribution in [2.45, 2.75) is 59.2 Å². The highest BCUT2D eigenvalue weighted by molar-refractivity contribution is 6.66. The van der Waals surface area contributed by atoms with Gasteiger partial charge in [-0.3, -0.25) is 4.99 Å². The lowest BCUT2D eigenvalue weighted by Crippen LogP contribution is -2.48. The first-order chi connectivity index (χ1) is 8.63. The molecule has 0 aromatic carbocycles. The summed E-state index contributed by atoms with van der Waals surface area (Å²) in [6.07, 6.45) is 0.884. The van der Waals surface area contributed by atoms with Crippen molar-refractivity contribution in [1.29, 1.82) is 0 Å². The number of aliphatic imine (C=N–C) groups is 1. The minimum absolute atomic E-state index is 0.142. The third-order valence-electron chi connectivity index (χ3n) is 3.40. The van der Waals surface area contributed by atoms with Crippen molar-refractivity contribution in [2.24, 2.45) is 22.4 Å². The first-order valence-corrected chi connectivity index (χ1v) is 9.55. The van der Waals surface area contributed by atoms with Gasteiger partial charge in [0.25, 0.3) is 0 Å². The molecule has 6 heteroatoms. The quantitative estimate of drug-likeness (QED) is 0.295. The van der Waals surface area contributed by atoms with Gasteiger partial charge in [0, 0.05) is 13.2 Å². The highest BCUT2D eigenvalue weighted by Crippen LogP contribution is 2.28. The molecule has 0 saturated carbocycles. The Labute approximate surface area is 119 Å². The summed E-state index contributed by atoms with van der Waals surface area (Å²) in [5.41, 5.74) is 10.5. The first kappa shape index (κ1) is 18.4. The third kappa shape index (κ3) is 7.54. The Morgan fingerprint density at radius 2 is 1.89 bits per heavy atom. The van der Waals surface area contributed by atoms with Crippen LogP contribution < -0.4 is 11.5 Å². The number of nitrogens with two attached hydrogens (primary N) is 2. The van der Waals surface area contributed by atoms with Gasteiger partial charge < -0.3 is 20.3 Å². The maximum absolute atomic E-state index is 6.34. The van der Waals surface area contributed by atoms with Gasteiger partial charge >= 0.3 is 8.56 Å².